The van der Waals surface area contributed by atoms with Crippen LogP contribution in [0.15, 0.2) is 24.3 Å². The van der Waals surface area contributed by atoms with E-state index in [-0.39, 0.29) is 30.8 Å². The minimum Gasteiger partial charge on any atom is -0.335 e. The van der Waals surface area contributed by atoms with Crippen molar-refractivity contribution in [1.29, 1.82) is 0 Å². The van der Waals surface area contributed by atoms with Crippen LogP contribution in [-0.2, 0) is 6.54 Å². The number of benzene rings is 1. The van der Waals surface area contributed by atoms with E-state index in [0.717, 1.165) is 0 Å². The number of hydrogen-bond acceptors (Lipinski definition) is 4. The number of nitrogens with zero attached hydrogens (tertiary/aromatic N) is 2. The van der Waals surface area contributed by atoms with Gasteiger partial charge < -0.3 is 10.6 Å². The first-order valence-corrected chi connectivity index (χ1v) is 7.72. The van der Waals surface area contributed by atoms with Crippen LogP contribution in [0.1, 0.15) is 18.4 Å². The number of rotatable bonds is 6. The summed E-state index contributed by atoms with van der Waals surface area (Å²) in [7, 11) is 0. The third-order valence-electron chi connectivity index (χ3n) is 3.89. The molecule has 1 fully saturated rings. The molecule has 0 spiro atoms. The third kappa shape index (κ3) is 5.73. The number of nitrogens with one attached hydrogen (secondary N) is 2. The van der Waals surface area contributed by atoms with Crippen molar-refractivity contribution in [3.8, 4) is 0 Å². The molecule has 1 aliphatic heterocycles. The first kappa shape index (κ1) is 18.1. The lowest BCUT2D eigenvalue weighted by Gasteiger charge is -2.32. The van der Waals surface area contributed by atoms with Crippen LogP contribution >= 0.6 is 0 Å². The number of carbonyl (C=O) groups excluding carboxylic acids is 1. The van der Waals surface area contributed by atoms with Crippen LogP contribution in [0.2, 0.25) is 0 Å². The van der Waals surface area contributed by atoms with Crippen LogP contribution in [-0.4, -0.2) is 48.0 Å². The Balaban J connectivity index is 1.72. The van der Waals surface area contributed by atoms with Gasteiger partial charge >= 0.3 is 6.03 Å². The maximum absolute atomic E-state index is 12.3. The third-order valence-corrected chi connectivity index (χ3v) is 3.89. The van der Waals surface area contributed by atoms with Crippen molar-refractivity contribution in [3.05, 3.63) is 39.9 Å². The molecule has 7 nitrogen and oxygen atoms in total. The Labute approximate surface area is 138 Å². The zero-order valence-electron chi connectivity index (χ0n) is 13.1. The first-order chi connectivity index (χ1) is 11.4. The Kier molecular flexibility index (Phi) is 6.42. The number of alkyl halides is 2. The van der Waals surface area contributed by atoms with Crippen LogP contribution in [0.25, 0.3) is 0 Å². The summed E-state index contributed by atoms with van der Waals surface area (Å²) in [5.74, 6) is 0. The smallest absolute Gasteiger partial charge is 0.315 e. The van der Waals surface area contributed by atoms with Crippen LogP contribution in [0.5, 0.6) is 0 Å². The second-order valence-electron chi connectivity index (χ2n) is 5.72. The molecule has 1 saturated heterocycles. The summed E-state index contributed by atoms with van der Waals surface area (Å²) >= 11 is 0. The second kappa shape index (κ2) is 8.53. The van der Waals surface area contributed by atoms with E-state index in [9.17, 15) is 23.7 Å². The quantitative estimate of drug-likeness (QED) is 0.612. The van der Waals surface area contributed by atoms with Gasteiger partial charge in [-0.25, -0.2) is 13.6 Å². The fourth-order valence-electron chi connectivity index (χ4n) is 2.65. The minimum atomic E-state index is -2.34. The van der Waals surface area contributed by atoms with E-state index in [4.69, 9.17) is 0 Å². The molecule has 1 aromatic rings. The lowest BCUT2D eigenvalue weighted by Crippen LogP contribution is -2.48. The molecule has 2 N–H and O–H groups in total. The molecule has 0 radical (unpaired) electrons. The highest BCUT2D eigenvalue weighted by molar-refractivity contribution is 5.74. The van der Waals surface area contributed by atoms with Crippen molar-refractivity contribution in [3.63, 3.8) is 0 Å². The maximum atomic E-state index is 12.3. The fourth-order valence-corrected chi connectivity index (χ4v) is 2.65. The summed E-state index contributed by atoms with van der Waals surface area (Å²) in [6.45, 7) is 1.00. The number of non-ortho nitro benzene ring substituents is 1. The van der Waals surface area contributed by atoms with Crippen molar-refractivity contribution in [2.24, 2.45) is 0 Å². The van der Waals surface area contributed by atoms with Gasteiger partial charge in [0.15, 0.2) is 0 Å². The second-order valence-corrected chi connectivity index (χ2v) is 5.72. The van der Waals surface area contributed by atoms with Crippen molar-refractivity contribution >= 4 is 11.7 Å². The first-order valence-electron chi connectivity index (χ1n) is 7.72. The van der Waals surface area contributed by atoms with Crippen LogP contribution in [0.4, 0.5) is 19.3 Å². The molecule has 0 bridgehead atoms. The van der Waals surface area contributed by atoms with Gasteiger partial charge in [0.25, 0.3) is 12.1 Å². The van der Waals surface area contributed by atoms with Crippen molar-refractivity contribution in [2.75, 3.05) is 19.6 Å². The zero-order chi connectivity index (χ0) is 17.5. The average Bonchev–Trinajstić information content (AvgIpc) is 2.54. The molecule has 0 aliphatic carbocycles. The summed E-state index contributed by atoms with van der Waals surface area (Å²) in [6, 6.07) is 5.62. The lowest BCUT2D eigenvalue weighted by molar-refractivity contribution is -0.384. The Bertz CT molecular complexity index is 578. The summed E-state index contributed by atoms with van der Waals surface area (Å²) in [5, 5.41) is 16.2. The lowest BCUT2D eigenvalue weighted by atomic mass is 10.1. The molecule has 1 aromatic carbocycles. The topological polar surface area (TPSA) is 87.5 Å². The van der Waals surface area contributed by atoms with E-state index >= 15 is 0 Å². The van der Waals surface area contributed by atoms with Gasteiger partial charge in [-0.15, -0.1) is 0 Å². The Morgan fingerprint density at radius 2 is 2.08 bits per heavy atom. The van der Waals surface area contributed by atoms with Gasteiger partial charge in [-0.1, -0.05) is 12.1 Å². The average molecular weight is 342 g/mol. The monoisotopic (exact) mass is 342 g/mol. The number of hydrogen-bond donors (Lipinski definition) is 2. The Morgan fingerprint density at radius 1 is 1.38 bits per heavy atom. The molecule has 24 heavy (non-hydrogen) atoms. The molecule has 132 valence electrons. The summed E-state index contributed by atoms with van der Waals surface area (Å²) in [5.41, 5.74) is 0.604. The van der Waals surface area contributed by atoms with Gasteiger partial charge in [-0.3, -0.25) is 15.0 Å². The van der Waals surface area contributed by atoms with Gasteiger partial charge in [0.05, 0.1) is 11.5 Å². The number of piperidine rings is 1. The maximum Gasteiger partial charge on any atom is 0.315 e. The van der Waals surface area contributed by atoms with Crippen LogP contribution in [0, 0.1) is 10.1 Å². The number of halogens is 2. The van der Waals surface area contributed by atoms with E-state index in [2.05, 4.69) is 10.6 Å². The number of likely N-dealkylation sites (tertiary alicyclic amines) is 1. The number of urea groups is 1. The van der Waals surface area contributed by atoms with E-state index in [1.54, 1.807) is 17.0 Å². The van der Waals surface area contributed by atoms with Crippen LogP contribution in [0.3, 0.4) is 0 Å². The molecule has 9 heteroatoms. The summed E-state index contributed by atoms with van der Waals surface area (Å²) in [4.78, 5) is 23.8. The highest BCUT2D eigenvalue weighted by atomic mass is 19.3. The standard InChI is InChI=1S/C15H20F2N4O3/c16-14(17)10-20-6-4-12(5-7-20)19-15(22)18-9-11-2-1-3-13(8-11)21(23)24/h1-3,8,12,14H,4-7,9-10H2,(H2,18,19,22). The van der Waals surface area contributed by atoms with E-state index in [1.165, 1.54) is 12.1 Å². The molecule has 2 rings (SSSR count). The molecular formula is C15H20F2N4O3. The van der Waals surface area contributed by atoms with Gasteiger partial charge in [0.2, 0.25) is 0 Å². The minimum absolute atomic E-state index is 0.0267. The molecule has 0 atom stereocenters. The fraction of sp³-hybridized carbons (Fsp3) is 0.533. The molecule has 1 aliphatic rings. The Morgan fingerprint density at radius 3 is 2.71 bits per heavy atom. The number of nitro benzene ring substituents is 1. The van der Waals surface area contributed by atoms with E-state index < -0.39 is 11.3 Å². The van der Waals surface area contributed by atoms with Crippen molar-refractivity contribution in [1.82, 2.24) is 15.5 Å². The normalized spacial score (nSPS) is 16.1. The summed E-state index contributed by atoms with van der Waals surface area (Å²) < 4.78 is 24.6. The number of carbonyl (C=O) groups is 1. The van der Waals surface area contributed by atoms with E-state index in [0.29, 0.717) is 31.5 Å². The SMILES string of the molecule is O=C(NCc1cccc([N+](=O)[O-])c1)NC1CCN(CC(F)F)CC1. The van der Waals surface area contributed by atoms with E-state index in [1.807, 2.05) is 0 Å². The van der Waals surface area contributed by atoms with Crippen molar-refractivity contribution in [2.45, 2.75) is 31.9 Å². The Hall–Kier alpha value is -2.29. The molecule has 0 aromatic heterocycles. The molecule has 0 unspecified atom stereocenters. The summed E-state index contributed by atoms with van der Waals surface area (Å²) in [6.07, 6.45) is -1.10. The zero-order valence-corrected chi connectivity index (χ0v) is 13.1. The van der Waals surface area contributed by atoms with Gasteiger partial charge in [0, 0.05) is 37.8 Å². The molecule has 1 heterocycles. The highest BCUT2D eigenvalue weighted by Gasteiger charge is 2.22. The highest BCUT2D eigenvalue weighted by Crippen LogP contribution is 2.13. The van der Waals surface area contributed by atoms with Crippen molar-refractivity contribution < 1.29 is 18.5 Å². The predicted octanol–water partition coefficient (Wildman–Crippen LogP) is 2.12. The largest absolute Gasteiger partial charge is 0.335 e. The molecule has 0 saturated carbocycles. The van der Waals surface area contributed by atoms with Gasteiger partial charge in [0.1, 0.15) is 0 Å². The number of amides is 2. The van der Waals surface area contributed by atoms with Crippen LogP contribution < -0.4 is 10.6 Å². The van der Waals surface area contributed by atoms with Gasteiger partial charge in [-0.2, -0.15) is 0 Å². The predicted molar refractivity (Wildman–Crippen MR) is 83.9 cm³/mol. The number of nitro groups is 1. The van der Waals surface area contributed by atoms with Gasteiger partial charge in [-0.05, 0) is 18.4 Å². The molecular weight excluding hydrogens is 322 g/mol. The molecule has 2 amide bonds.